The number of aromatic nitrogens is 1. The van der Waals surface area contributed by atoms with Crippen molar-refractivity contribution in [1.29, 1.82) is 5.26 Å². The van der Waals surface area contributed by atoms with Gasteiger partial charge in [-0.2, -0.15) is 5.26 Å². The van der Waals surface area contributed by atoms with Gasteiger partial charge in [-0.05, 0) is 50.6 Å². The summed E-state index contributed by atoms with van der Waals surface area (Å²) in [6.07, 6.45) is 4.14. The summed E-state index contributed by atoms with van der Waals surface area (Å²) in [5.74, 6) is 0.384. The van der Waals surface area contributed by atoms with Gasteiger partial charge in [-0.25, -0.2) is 4.98 Å². The number of fused-ring (bicyclic) bond motifs is 1. The molecule has 1 aliphatic rings. The summed E-state index contributed by atoms with van der Waals surface area (Å²) in [5.41, 5.74) is 3.13. The number of amides is 1. The quantitative estimate of drug-likeness (QED) is 0.482. The lowest BCUT2D eigenvalue weighted by Gasteiger charge is -2.27. The van der Waals surface area contributed by atoms with Crippen molar-refractivity contribution in [3.63, 3.8) is 0 Å². The van der Waals surface area contributed by atoms with Crippen LogP contribution in [0.3, 0.4) is 0 Å². The summed E-state index contributed by atoms with van der Waals surface area (Å²) in [4.78, 5) is 16.1. The van der Waals surface area contributed by atoms with E-state index in [-0.39, 0.29) is 12.0 Å². The van der Waals surface area contributed by atoms with Crippen LogP contribution in [-0.2, 0) is 6.42 Å². The van der Waals surface area contributed by atoms with Gasteiger partial charge in [0.05, 0.1) is 29.4 Å². The number of allylic oxidation sites excluding steroid dienone is 1. The lowest BCUT2D eigenvalue weighted by molar-refractivity contribution is 0.0955. The molecular formula is C23H29N5O2. The van der Waals surface area contributed by atoms with Gasteiger partial charge in [0.25, 0.3) is 5.91 Å². The second kappa shape index (κ2) is 12.2. The fourth-order valence-electron chi connectivity index (χ4n) is 2.84. The molecule has 1 aromatic carbocycles. The van der Waals surface area contributed by atoms with Gasteiger partial charge in [-0.15, -0.1) is 6.58 Å². The van der Waals surface area contributed by atoms with Crippen LogP contribution < -0.4 is 20.7 Å². The molecule has 1 aliphatic heterocycles. The lowest BCUT2D eigenvalue weighted by atomic mass is 10.1. The maximum absolute atomic E-state index is 11.9. The van der Waals surface area contributed by atoms with Gasteiger partial charge in [0.1, 0.15) is 6.10 Å². The zero-order valence-corrected chi connectivity index (χ0v) is 17.6. The SMILES string of the molecule is C=CC.CCNC(=O)c1cnc2c(c1)NCC(CNCCc1ccc(C#N)cc1)O2. The van der Waals surface area contributed by atoms with E-state index < -0.39 is 0 Å². The molecule has 7 nitrogen and oxygen atoms in total. The molecule has 7 heteroatoms. The number of rotatable bonds is 7. The van der Waals surface area contributed by atoms with E-state index in [9.17, 15) is 4.79 Å². The van der Waals surface area contributed by atoms with Crippen LogP contribution in [-0.4, -0.2) is 43.2 Å². The number of ether oxygens (including phenoxy) is 1. The fraction of sp³-hybridized carbons (Fsp3) is 0.348. The van der Waals surface area contributed by atoms with E-state index in [4.69, 9.17) is 10.00 Å². The summed E-state index contributed by atoms with van der Waals surface area (Å²) in [6, 6.07) is 11.5. The molecule has 30 heavy (non-hydrogen) atoms. The third kappa shape index (κ3) is 6.90. The molecule has 1 amide bonds. The van der Waals surface area contributed by atoms with Crippen molar-refractivity contribution in [2.75, 3.05) is 31.5 Å². The van der Waals surface area contributed by atoms with Crippen LogP contribution in [0, 0.1) is 11.3 Å². The first-order chi connectivity index (χ1) is 14.6. The topological polar surface area (TPSA) is 99.1 Å². The number of nitriles is 1. The lowest BCUT2D eigenvalue weighted by Crippen LogP contribution is -2.40. The van der Waals surface area contributed by atoms with Gasteiger partial charge in [-0.1, -0.05) is 18.2 Å². The molecule has 1 atom stereocenters. The van der Waals surface area contributed by atoms with Crippen molar-refractivity contribution in [1.82, 2.24) is 15.6 Å². The van der Waals surface area contributed by atoms with E-state index in [0.29, 0.717) is 36.6 Å². The molecule has 1 unspecified atom stereocenters. The Morgan fingerprint density at radius 2 is 2.17 bits per heavy atom. The number of carbonyl (C=O) groups is 1. The molecule has 1 aromatic heterocycles. The average molecular weight is 408 g/mol. The second-order valence-corrected chi connectivity index (χ2v) is 6.73. The van der Waals surface area contributed by atoms with Crippen LogP contribution in [0.5, 0.6) is 5.88 Å². The number of carbonyl (C=O) groups excluding carboxylic acids is 1. The fourth-order valence-corrected chi connectivity index (χ4v) is 2.84. The highest BCUT2D eigenvalue weighted by Crippen LogP contribution is 2.27. The van der Waals surface area contributed by atoms with Crippen LogP contribution >= 0.6 is 0 Å². The van der Waals surface area contributed by atoms with Gasteiger partial charge >= 0.3 is 0 Å². The summed E-state index contributed by atoms with van der Waals surface area (Å²) < 4.78 is 5.91. The number of anilines is 1. The van der Waals surface area contributed by atoms with E-state index >= 15 is 0 Å². The van der Waals surface area contributed by atoms with E-state index in [1.807, 2.05) is 38.1 Å². The molecule has 0 saturated carbocycles. The molecule has 0 aliphatic carbocycles. The van der Waals surface area contributed by atoms with Crippen LogP contribution in [0.4, 0.5) is 5.69 Å². The summed E-state index contributed by atoms with van der Waals surface area (Å²) >= 11 is 0. The van der Waals surface area contributed by atoms with Gasteiger partial charge in [0.15, 0.2) is 0 Å². The maximum Gasteiger partial charge on any atom is 0.252 e. The van der Waals surface area contributed by atoms with Gasteiger partial charge in [0.2, 0.25) is 5.88 Å². The summed E-state index contributed by atoms with van der Waals surface area (Å²) in [6.45, 7) is 9.88. The number of benzene rings is 1. The standard InChI is InChI=1S/C20H23N5O2.C3H6/c1-2-23-19(26)16-9-18-20(25-11-16)27-17(13-24-18)12-22-8-7-14-3-5-15(10-21)6-4-14;1-3-2/h3-6,9,11,17,22,24H,2,7-8,12-13H2,1H3,(H,23,26);3H,1H2,2H3. The maximum atomic E-state index is 11.9. The Morgan fingerprint density at radius 1 is 1.43 bits per heavy atom. The number of hydrogen-bond donors (Lipinski definition) is 3. The third-order valence-corrected chi connectivity index (χ3v) is 4.29. The van der Waals surface area contributed by atoms with Crippen molar-refractivity contribution in [3.8, 4) is 11.9 Å². The first kappa shape index (κ1) is 22.9. The summed E-state index contributed by atoms with van der Waals surface area (Å²) in [5, 5.41) is 18.2. The first-order valence-electron chi connectivity index (χ1n) is 10.1. The van der Waals surface area contributed by atoms with Crippen LogP contribution in [0.25, 0.3) is 0 Å². The van der Waals surface area contributed by atoms with Gasteiger partial charge < -0.3 is 20.7 Å². The van der Waals surface area contributed by atoms with E-state index in [1.165, 1.54) is 11.8 Å². The Labute approximate surface area is 178 Å². The molecule has 3 N–H and O–H groups in total. The highest BCUT2D eigenvalue weighted by atomic mass is 16.5. The molecule has 2 heterocycles. The minimum Gasteiger partial charge on any atom is -0.470 e. The molecule has 0 radical (unpaired) electrons. The molecule has 0 spiro atoms. The molecule has 0 saturated heterocycles. The van der Waals surface area contributed by atoms with E-state index in [1.54, 1.807) is 12.1 Å². The summed E-state index contributed by atoms with van der Waals surface area (Å²) in [7, 11) is 0. The smallest absolute Gasteiger partial charge is 0.252 e. The molecule has 0 fully saturated rings. The largest absolute Gasteiger partial charge is 0.470 e. The number of pyridine rings is 1. The molecule has 0 bridgehead atoms. The van der Waals surface area contributed by atoms with Crippen molar-refractivity contribution < 1.29 is 9.53 Å². The number of hydrogen-bond acceptors (Lipinski definition) is 6. The first-order valence-corrected chi connectivity index (χ1v) is 10.1. The van der Waals surface area contributed by atoms with Crippen molar-refractivity contribution >= 4 is 11.6 Å². The molecular weight excluding hydrogens is 378 g/mol. The van der Waals surface area contributed by atoms with Gasteiger partial charge in [-0.3, -0.25) is 4.79 Å². The van der Waals surface area contributed by atoms with Crippen molar-refractivity contribution in [2.45, 2.75) is 26.4 Å². The minimum absolute atomic E-state index is 0.0266. The zero-order chi connectivity index (χ0) is 21.8. The number of nitrogens with one attached hydrogen (secondary N) is 3. The van der Waals surface area contributed by atoms with E-state index in [2.05, 4.69) is 33.6 Å². The van der Waals surface area contributed by atoms with Crippen molar-refractivity contribution in [2.24, 2.45) is 0 Å². The molecule has 2 aromatic rings. The highest BCUT2D eigenvalue weighted by Gasteiger charge is 2.21. The number of nitrogens with zero attached hydrogens (tertiary/aromatic N) is 2. The van der Waals surface area contributed by atoms with Gasteiger partial charge in [0, 0.05) is 19.3 Å². The van der Waals surface area contributed by atoms with Crippen molar-refractivity contribution in [3.05, 3.63) is 65.9 Å². The minimum atomic E-state index is -0.138. The zero-order valence-electron chi connectivity index (χ0n) is 17.6. The Hall–Kier alpha value is -3.37. The van der Waals surface area contributed by atoms with E-state index in [0.717, 1.165) is 18.7 Å². The highest BCUT2D eigenvalue weighted by molar-refractivity contribution is 5.95. The average Bonchev–Trinajstić information content (AvgIpc) is 2.77. The molecule has 158 valence electrons. The predicted octanol–water partition coefficient (Wildman–Crippen LogP) is 2.90. The Morgan fingerprint density at radius 3 is 2.83 bits per heavy atom. The monoisotopic (exact) mass is 407 g/mol. The Bertz CT molecular complexity index is 874. The predicted molar refractivity (Wildman–Crippen MR) is 119 cm³/mol. The Kier molecular flexibility index (Phi) is 9.35. The van der Waals surface area contributed by atoms with Crippen LogP contribution in [0.1, 0.15) is 35.3 Å². The normalized spacial score (nSPS) is 14.0. The third-order valence-electron chi connectivity index (χ3n) is 4.29. The van der Waals surface area contributed by atoms with Crippen LogP contribution in [0.2, 0.25) is 0 Å². The molecule has 3 rings (SSSR count). The Balaban J connectivity index is 0.00000101. The van der Waals surface area contributed by atoms with Crippen LogP contribution in [0.15, 0.2) is 49.2 Å². The second-order valence-electron chi connectivity index (χ2n) is 6.73.